The number of carbonyl (C=O) groups excluding carboxylic acids is 1. The first-order chi connectivity index (χ1) is 5.07. The molecule has 4 heteroatoms. The van der Waals surface area contributed by atoms with Crippen LogP contribution in [-0.4, -0.2) is 35.7 Å². The van der Waals surface area contributed by atoms with Gasteiger partial charge in [0, 0.05) is 13.6 Å². The van der Waals surface area contributed by atoms with E-state index in [0.29, 0.717) is 13.0 Å². The Kier molecular flexibility index (Phi) is 4.61. The van der Waals surface area contributed by atoms with Crippen LogP contribution in [0.15, 0.2) is 0 Å². The van der Waals surface area contributed by atoms with E-state index >= 15 is 0 Å². The number of hydrogen-bond donors (Lipinski definition) is 2. The Balaban J connectivity index is 3.56. The predicted molar refractivity (Wildman–Crippen MR) is 43.1 cm³/mol. The molecule has 0 aromatic rings. The normalized spacial score (nSPS) is 12.6. The van der Waals surface area contributed by atoms with Crippen molar-refractivity contribution in [3.63, 3.8) is 0 Å². The highest BCUT2D eigenvalue weighted by molar-refractivity contribution is 5.71. The van der Waals surface area contributed by atoms with Crippen LogP contribution in [0.25, 0.3) is 0 Å². The van der Waals surface area contributed by atoms with Gasteiger partial charge in [-0.15, -0.1) is 0 Å². The standard InChI is InChI=1S/C7H16N2O2/c1-3-4-6(10)5-9(2)7(8)11/h6,10H,3-5H2,1-2H3,(H2,8,11). The lowest BCUT2D eigenvalue weighted by Crippen LogP contribution is -2.37. The molecule has 3 N–H and O–H groups in total. The molecule has 0 fully saturated rings. The molecular weight excluding hydrogens is 144 g/mol. The van der Waals surface area contributed by atoms with Crippen molar-refractivity contribution in [2.24, 2.45) is 5.73 Å². The molecule has 2 amide bonds. The van der Waals surface area contributed by atoms with Gasteiger partial charge >= 0.3 is 6.03 Å². The SMILES string of the molecule is CCCC(O)CN(C)C(N)=O. The van der Waals surface area contributed by atoms with E-state index in [1.165, 1.54) is 4.90 Å². The molecule has 0 rings (SSSR count). The molecule has 11 heavy (non-hydrogen) atoms. The Morgan fingerprint density at radius 3 is 2.64 bits per heavy atom. The lowest BCUT2D eigenvalue weighted by atomic mass is 10.2. The lowest BCUT2D eigenvalue weighted by Gasteiger charge is -2.17. The highest BCUT2D eigenvalue weighted by atomic mass is 16.3. The Bertz CT molecular complexity index is 128. The first-order valence-electron chi connectivity index (χ1n) is 3.76. The Labute approximate surface area is 67.0 Å². The summed E-state index contributed by atoms with van der Waals surface area (Å²) in [5.41, 5.74) is 4.96. The molecule has 0 radical (unpaired) electrons. The van der Waals surface area contributed by atoms with E-state index in [9.17, 15) is 9.90 Å². The van der Waals surface area contributed by atoms with Crippen molar-refractivity contribution in [1.82, 2.24) is 4.90 Å². The van der Waals surface area contributed by atoms with Crippen molar-refractivity contribution in [1.29, 1.82) is 0 Å². The third-order valence-corrected chi connectivity index (χ3v) is 1.48. The Morgan fingerprint density at radius 1 is 1.73 bits per heavy atom. The van der Waals surface area contributed by atoms with E-state index < -0.39 is 12.1 Å². The summed E-state index contributed by atoms with van der Waals surface area (Å²) in [4.78, 5) is 11.8. The summed E-state index contributed by atoms with van der Waals surface area (Å²) in [5, 5.41) is 9.22. The van der Waals surface area contributed by atoms with Gasteiger partial charge in [-0.2, -0.15) is 0 Å². The molecule has 0 saturated carbocycles. The fourth-order valence-corrected chi connectivity index (χ4v) is 0.831. The van der Waals surface area contributed by atoms with Crippen molar-refractivity contribution in [3.8, 4) is 0 Å². The van der Waals surface area contributed by atoms with E-state index in [4.69, 9.17) is 5.73 Å². The van der Waals surface area contributed by atoms with E-state index in [0.717, 1.165) is 6.42 Å². The largest absolute Gasteiger partial charge is 0.391 e. The molecule has 4 nitrogen and oxygen atoms in total. The summed E-state index contributed by atoms with van der Waals surface area (Å²) >= 11 is 0. The monoisotopic (exact) mass is 160 g/mol. The minimum absolute atomic E-state index is 0.323. The summed E-state index contributed by atoms with van der Waals surface area (Å²) in [7, 11) is 1.57. The number of urea groups is 1. The topological polar surface area (TPSA) is 66.6 Å². The van der Waals surface area contributed by atoms with Crippen molar-refractivity contribution in [2.45, 2.75) is 25.9 Å². The number of nitrogens with zero attached hydrogens (tertiary/aromatic N) is 1. The number of aliphatic hydroxyl groups excluding tert-OH is 1. The first kappa shape index (κ1) is 10.2. The van der Waals surface area contributed by atoms with Crippen LogP contribution in [0.4, 0.5) is 4.79 Å². The van der Waals surface area contributed by atoms with E-state index in [-0.39, 0.29) is 0 Å². The van der Waals surface area contributed by atoms with Crippen LogP contribution in [0.3, 0.4) is 0 Å². The smallest absolute Gasteiger partial charge is 0.314 e. The number of likely N-dealkylation sites (N-methyl/N-ethyl adjacent to an activating group) is 1. The van der Waals surface area contributed by atoms with Crippen molar-refractivity contribution in [3.05, 3.63) is 0 Å². The van der Waals surface area contributed by atoms with Crippen LogP contribution in [0.1, 0.15) is 19.8 Å². The van der Waals surface area contributed by atoms with Gasteiger partial charge in [-0.25, -0.2) is 4.79 Å². The molecule has 0 spiro atoms. The van der Waals surface area contributed by atoms with Gasteiger partial charge in [0.15, 0.2) is 0 Å². The van der Waals surface area contributed by atoms with Crippen molar-refractivity contribution in [2.75, 3.05) is 13.6 Å². The number of aliphatic hydroxyl groups is 1. The van der Waals surface area contributed by atoms with Crippen LogP contribution >= 0.6 is 0 Å². The number of carbonyl (C=O) groups is 1. The van der Waals surface area contributed by atoms with Gasteiger partial charge in [0.25, 0.3) is 0 Å². The predicted octanol–water partition coefficient (Wildman–Crippen LogP) is 0.158. The summed E-state index contributed by atoms with van der Waals surface area (Å²) < 4.78 is 0. The fourth-order valence-electron chi connectivity index (χ4n) is 0.831. The minimum Gasteiger partial charge on any atom is -0.391 e. The highest BCUT2D eigenvalue weighted by Crippen LogP contribution is 1.97. The van der Waals surface area contributed by atoms with Gasteiger partial charge in [0.1, 0.15) is 0 Å². The van der Waals surface area contributed by atoms with Crippen LogP contribution in [0.2, 0.25) is 0 Å². The molecule has 0 heterocycles. The molecule has 0 aromatic heterocycles. The molecule has 0 aliphatic carbocycles. The van der Waals surface area contributed by atoms with E-state index in [1.807, 2.05) is 6.92 Å². The van der Waals surface area contributed by atoms with Gasteiger partial charge in [-0.05, 0) is 6.42 Å². The molecule has 1 atom stereocenters. The molecule has 0 aliphatic heterocycles. The van der Waals surface area contributed by atoms with E-state index in [1.54, 1.807) is 7.05 Å². The van der Waals surface area contributed by atoms with Gasteiger partial charge in [-0.1, -0.05) is 13.3 Å². The molecule has 0 bridgehead atoms. The average molecular weight is 160 g/mol. The third-order valence-electron chi connectivity index (χ3n) is 1.48. The second kappa shape index (κ2) is 4.96. The first-order valence-corrected chi connectivity index (χ1v) is 3.76. The average Bonchev–Trinajstić information content (AvgIpc) is 1.87. The van der Waals surface area contributed by atoms with Crippen molar-refractivity contribution >= 4 is 6.03 Å². The third kappa shape index (κ3) is 4.61. The second-order valence-corrected chi connectivity index (χ2v) is 2.66. The Morgan fingerprint density at radius 2 is 2.27 bits per heavy atom. The van der Waals surface area contributed by atoms with E-state index in [2.05, 4.69) is 0 Å². The molecule has 0 aromatic carbocycles. The second-order valence-electron chi connectivity index (χ2n) is 2.66. The molecular formula is C7H16N2O2. The van der Waals surface area contributed by atoms with Crippen LogP contribution in [0.5, 0.6) is 0 Å². The number of nitrogens with two attached hydrogens (primary N) is 1. The number of amides is 2. The van der Waals surface area contributed by atoms with Crippen LogP contribution in [-0.2, 0) is 0 Å². The summed E-state index contributed by atoms with van der Waals surface area (Å²) in [6.45, 7) is 2.30. The molecule has 66 valence electrons. The molecule has 0 saturated heterocycles. The zero-order chi connectivity index (χ0) is 8.85. The van der Waals surface area contributed by atoms with Crippen LogP contribution < -0.4 is 5.73 Å². The zero-order valence-corrected chi connectivity index (χ0v) is 7.08. The van der Waals surface area contributed by atoms with Gasteiger partial charge in [0.2, 0.25) is 0 Å². The fraction of sp³-hybridized carbons (Fsp3) is 0.857. The number of rotatable bonds is 4. The maximum absolute atomic E-state index is 10.5. The van der Waals surface area contributed by atoms with Crippen LogP contribution in [0, 0.1) is 0 Å². The maximum Gasteiger partial charge on any atom is 0.314 e. The highest BCUT2D eigenvalue weighted by Gasteiger charge is 2.08. The quantitative estimate of drug-likeness (QED) is 0.615. The minimum atomic E-state index is -0.500. The summed E-state index contributed by atoms with van der Waals surface area (Å²) in [6, 6.07) is -0.500. The Hall–Kier alpha value is -0.770. The maximum atomic E-state index is 10.5. The lowest BCUT2D eigenvalue weighted by molar-refractivity contribution is 0.125. The van der Waals surface area contributed by atoms with Crippen molar-refractivity contribution < 1.29 is 9.90 Å². The molecule has 1 unspecified atom stereocenters. The van der Waals surface area contributed by atoms with Gasteiger partial charge < -0.3 is 15.7 Å². The summed E-state index contributed by atoms with van der Waals surface area (Å²) in [6.07, 6.45) is 1.17. The van der Waals surface area contributed by atoms with Gasteiger partial charge in [-0.3, -0.25) is 0 Å². The summed E-state index contributed by atoms with van der Waals surface area (Å²) in [5.74, 6) is 0. The number of hydrogen-bond acceptors (Lipinski definition) is 2. The number of primary amides is 1. The molecule has 0 aliphatic rings. The van der Waals surface area contributed by atoms with Gasteiger partial charge in [0.05, 0.1) is 6.10 Å². The zero-order valence-electron chi connectivity index (χ0n) is 7.08.